The van der Waals surface area contributed by atoms with E-state index in [9.17, 15) is 0 Å². The molecule has 86 valence electrons. The topological polar surface area (TPSA) is 44.5 Å². The van der Waals surface area contributed by atoms with Crippen LogP contribution in [-0.2, 0) is 9.47 Å². The Bertz CT molecular complexity index is 137. The van der Waals surface area contributed by atoms with Crippen LogP contribution < -0.4 is 5.73 Å². The second-order valence-electron chi connectivity index (χ2n) is 5.13. The number of ether oxygens (including phenoxy) is 2. The van der Waals surface area contributed by atoms with Crippen molar-refractivity contribution >= 4 is 0 Å². The van der Waals surface area contributed by atoms with Crippen molar-refractivity contribution in [3.63, 3.8) is 0 Å². The van der Waals surface area contributed by atoms with E-state index in [0.29, 0.717) is 13.2 Å². The van der Waals surface area contributed by atoms with E-state index in [2.05, 4.69) is 27.7 Å². The van der Waals surface area contributed by atoms with Gasteiger partial charge in [0.25, 0.3) is 0 Å². The van der Waals surface area contributed by atoms with Gasteiger partial charge in [-0.15, -0.1) is 0 Å². The molecule has 0 unspecified atom stereocenters. The smallest absolute Gasteiger partial charge is 0.0644 e. The molecule has 0 heterocycles. The van der Waals surface area contributed by atoms with Crippen LogP contribution in [-0.4, -0.2) is 32.5 Å². The number of rotatable bonds is 7. The van der Waals surface area contributed by atoms with E-state index in [1.807, 2.05) is 0 Å². The first kappa shape index (κ1) is 13.9. The average Bonchev–Trinajstić information content (AvgIpc) is 2.13. The Balaban J connectivity index is 3.57. The highest BCUT2D eigenvalue weighted by molar-refractivity contribution is 4.70. The largest absolute Gasteiger partial charge is 0.381 e. The van der Waals surface area contributed by atoms with Crippen LogP contribution in [0.2, 0.25) is 0 Å². The van der Waals surface area contributed by atoms with Crippen LogP contribution in [0.15, 0.2) is 0 Å². The first-order valence-electron chi connectivity index (χ1n) is 5.16. The maximum atomic E-state index is 5.60. The summed E-state index contributed by atoms with van der Waals surface area (Å²) in [7, 11) is 1.73. The van der Waals surface area contributed by atoms with Crippen molar-refractivity contribution in [1.29, 1.82) is 0 Å². The third-order valence-corrected chi connectivity index (χ3v) is 2.45. The highest BCUT2D eigenvalue weighted by atomic mass is 16.5. The average molecular weight is 203 g/mol. The Morgan fingerprint density at radius 1 is 1.14 bits per heavy atom. The van der Waals surface area contributed by atoms with Crippen molar-refractivity contribution in [2.24, 2.45) is 11.1 Å². The molecule has 0 aromatic heterocycles. The summed E-state index contributed by atoms with van der Waals surface area (Å²) in [6, 6.07) is 0. The number of hydrogen-bond acceptors (Lipinski definition) is 3. The molecular formula is C11H25NO2. The minimum absolute atomic E-state index is 0.0806. The van der Waals surface area contributed by atoms with E-state index in [-0.39, 0.29) is 11.0 Å². The van der Waals surface area contributed by atoms with E-state index in [1.54, 1.807) is 7.11 Å². The van der Waals surface area contributed by atoms with Gasteiger partial charge >= 0.3 is 0 Å². The molecule has 0 bridgehead atoms. The fourth-order valence-corrected chi connectivity index (χ4v) is 0.827. The summed E-state index contributed by atoms with van der Waals surface area (Å²) in [4.78, 5) is 0. The van der Waals surface area contributed by atoms with Gasteiger partial charge in [-0.25, -0.2) is 0 Å². The van der Waals surface area contributed by atoms with E-state index in [0.717, 1.165) is 13.0 Å². The maximum absolute atomic E-state index is 5.60. The molecule has 2 N–H and O–H groups in total. The quantitative estimate of drug-likeness (QED) is 0.642. The van der Waals surface area contributed by atoms with Gasteiger partial charge in [0.05, 0.1) is 12.2 Å². The van der Waals surface area contributed by atoms with Crippen molar-refractivity contribution in [3.05, 3.63) is 0 Å². The molecule has 0 aliphatic carbocycles. The highest BCUT2D eigenvalue weighted by Gasteiger charge is 2.18. The molecule has 0 saturated carbocycles. The molecule has 14 heavy (non-hydrogen) atoms. The second kappa shape index (κ2) is 5.69. The zero-order chi connectivity index (χ0) is 11.2. The summed E-state index contributed by atoms with van der Waals surface area (Å²) in [6.07, 6.45) is 0.907. The lowest BCUT2D eigenvalue weighted by atomic mass is 9.95. The Labute approximate surface area is 88.0 Å². The van der Waals surface area contributed by atoms with E-state index >= 15 is 0 Å². The molecule has 0 amide bonds. The summed E-state index contributed by atoms with van der Waals surface area (Å²) in [5.74, 6) is 0. The molecular weight excluding hydrogens is 178 g/mol. The van der Waals surface area contributed by atoms with Crippen LogP contribution in [0, 0.1) is 5.41 Å². The van der Waals surface area contributed by atoms with Gasteiger partial charge in [-0.2, -0.15) is 0 Å². The van der Waals surface area contributed by atoms with Crippen molar-refractivity contribution < 1.29 is 9.47 Å². The van der Waals surface area contributed by atoms with Gasteiger partial charge < -0.3 is 15.2 Å². The standard InChI is InChI=1S/C11H25NO2/c1-10(2,8-12)9-14-7-6-11(3,4)13-5/h6-9,12H2,1-5H3. The van der Waals surface area contributed by atoms with Gasteiger partial charge in [0, 0.05) is 19.1 Å². The maximum Gasteiger partial charge on any atom is 0.0644 e. The van der Waals surface area contributed by atoms with Gasteiger partial charge in [0.1, 0.15) is 0 Å². The van der Waals surface area contributed by atoms with Crippen molar-refractivity contribution in [1.82, 2.24) is 0 Å². The summed E-state index contributed by atoms with van der Waals surface area (Å²) in [5.41, 5.74) is 5.59. The Morgan fingerprint density at radius 3 is 2.14 bits per heavy atom. The molecule has 0 radical (unpaired) electrons. The zero-order valence-electron chi connectivity index (χ0n) is 10.2. The Kier molecular flexibility index (Phi) is 5.64. The minimum atomic E-state index is -0.0904. The van der Waals surface area contributed by atoms with Gasteiger partial charge in [-0.05, 0) is 26.8 Å². The van der Waals surface area contributed by atoms with Crippen molar-refractivity contribution in [2.45, 2.75) is 39.7 Å². The molecule has 0 aromatic carbocycles. The molecule has 0 saturated heterocycles. The van der Waals surface area contributed by atoms with Crippen LogP contribution in [0.5, 0.6) is 0 Å². The molecule has 0 aliphatic heterocycles. The third-order valence-electron chi connectivity index (χ3n) is 2.45. The normalized spacial score (nSPS) is 13.3. The number of nitrogens with two attached hydrogens (primary N) is 1. The Hall–Kier alpha value is -0.120. The van der Waals surface area contributed by atoms with Crippen molar-refractivity contribution in [3.8, 4) is 0 Å². The van der Waals surface area contributed by atoms with E-state index < -0.39 is 0 Å². The number of hydrogen-bond donors (Lipinski definition) is 1. The third kappa shape index (κ3) is 6.35. The fraction of sp³-hybridized carbons (Fsp3) is 1.00. The van der Waals surface area contributed by atoms with Crippen LogP contribution >= 0.6 is 0 Å². The monoisotopic (exact) mass is 203 g/mol. The molecule has 3 heteroatoms. The van der Waals surface area contributed by atoms with Crippen LogP contribution in [0.1, 0.15) is 34.1 Å². The molecule has 0 aliphatic rings. The lowest BCUT2D eigenvalue weighted by Gasteiger charge is -2.25. The summed E-state index contributed by atoms with van der Waals surface area (Å²) in [6.45, 7) is 10.4. The van der Waals surface area contributed by atoms with E-state index in [1.165, 1.54) is 0 Å². The first-order valence-corrected chi connectivity index (χ1v) is 5.16. The number of methoxy groups -OCH3 is 1. The van der Waals surface area contributed by atoms with Gasteiger partial charge in [0.15, 0.2) is 0 Å². The molecule has 0 fully saturated rings. The summed E-state index contributed by atoms with van der Waals surface area (Å²) in [5, 5.41) is 0. The lowest BCUT2D eigenvalue weighted by molar-refractivity contribution is -0.0202. The molecule has 0 aromatic rings. The predicted molar refractivity (Wildman–Crippen MR) is 59.4 cm³/mol. The fourth-order valence-electron chi connectivity index (χ4n) is 0.827. The summed E-state index contributed by atoms with van der Waals surface area (Å²) >= 11 is 0. The molecule has 0 rings (SSSR count). The van der Waals surface area contributed by atoms with Crippen LogP contribution in [0.3, 0.4) is 0 Å². The van der Waals surface area contributed by atoms with Crippen LogP contribution in [0.25, 0.3) is 0 Å². The summed E-state index contributed by atoms with van der Waals surface area (Å²) < 4.78 is 10.9. The SMILES string of the molecule is COC(C)(C)CCOCC(C)(C)CN. The second-order valence-corrected chi connectivity index (χ2v) is 5.13. The van der Waals surface area contributed by atoms with Gasteiger partial charge in [-0.3, -0.25) is 0 Å². The van der Waals surface area contributed by atoms with Crippen molar-refractivity contribution in [2.75, 3.05) is 26.9 Å². The highest BCUT2D eigenvalue weighted by Crippen LogP contribution is 2.15. The lowest BCUT2D eigenvalue weighted by Crippen LogP contribution is -2.30. The molecule has 0 atom stereocenters. The molecule has 0 spiro atoms. The van der Waals surface area contributed by atoms with Gasteiger partial charge in [0.2, 0.25) is 0 Å². The van der Waals surface area contributed by atoms with Crippen LogP contribution in [0.4, 0.5) is 0 Å². The minimum Gasteiger partial charge on any atom is -0.381 e. The zero-order valence-corrected chi connectivity index (χ0v) is 10.2. The van der Waals surface area contributed by atoms with Gasteiger partial charge in [-0.1, -0.05) is 13.8 Å². The molecule has 3 nitrogen and oxygen atoms in total. The van der Waals surface area contributed by atoms with E-state index in [4.69, 9.17) is 15.2 Å². The Morgan fingerprint density at radius 2 is 1.71 bits per heavy atom. The first-order chi connectivity index (χ1) is 6.33. The predicted octanol–water partition coefficient (Wildman–Crippen LogP) is 1.80.